The molecule has 3 N–H and O–H groups in total. The number of hydrogen-bond acceptors (Lipinski definition) is 8. The van der Waals surface area contributed by atoms with E-state index in [9.17, 15) is 28.8 Å². The molecular weight excluding hydrogens is 636 g/mol. The Morgan fingerprint density at radius 3 is 2.24 bits per heavy atom. The van der Waals surface area contributed by atoms with Crippen LogP contribution in [0.25, 0.3) is 0 Å². The van der Waals surface area contributed by atoms with Crippen molar-refractivity contribution in [2.45, 2.75) is 142 Å². The fraction of sp³-hybridized carbons (Fsp3) is 0.737. The van der Waals surface area contributed by atoms with Gasteiger partial charge < -0.3 is 20.9 Å². The highest BCUT2D eigenvalue weighted by Crippen LogP contribution is 2.43. The molecule has 0 spiro atoms. The van der Waals surface area contributed by atoms with Crippen LogP contribution in [-0.4, -0.2) is 80.8 Å². The number of nitrogens with zero attached hydrogens (tertiary/aromatic N) is 3. The maximum absolute atomic E-state index is 14.6. The first kappa shape index (κ1) is 37.6. The zero-order valence-corrected chi connectivity index (χ0v) is 30.2. The van der Waals surface area contributed by atoms with Crippen LogP contribution in [0.2, 0.25) is 0 Å². The van der Waals surface area contributed by atoms with Crippen LogP contribution in [0.4, 0.5) is 0 Å². The van der Waals surface area contributed by atoms with Crippen molar-refractivity contribution in [3.8, 4) is 0 Å². The molecule has 12 nitrogen and oxygen atoms in total. The molecular formula is C38H56N6O6. The molecule has 0 bridgehead atoms. The lowest BCUT2D eigenvalue weighted by atomic mass is 9.83. The molecule has 4 aliphatic rings. The summed E-state index contributed by atoms with van der Waals surface area (Å²) in [6.45, 7) is 7.91. The van der Waals surface area contributed by atoms with Gasteiger partial charge in [-0.25, -0.2) is 4.98 Å². The van der Waals surface area contributed by atoms with Crippen LogP contribution in [0.15, 0.2) is 18.6 Å². The molecule has 0 radical (unpaired) electrons. The van der Waals surface area contributed by atoms with Crippen LogP contribution in [0.5, 0.6) is 0 Å². The third-order valence-electron chi connectivity index (χ3n) is 11.2. The lowest BCUT2D eigenvalue weighted by molar-refractivity contribution is -0.146. The second kappa shape index (κ2) is 16.5. The Kier molecular flexibility index (Phi) is 12.4. The van der Waals surface area contributed by atoms with Crippen molar-refractivity contribution in [2.75, 3.05) is 6.54 Å². The second-order valence-corrected chi connectivity index (χ2v) is 16.2. The molecule has 1 aromatic heterocycles. The first-order valence-electron chi connectivity index (χ1n) is 18.9. The molecule has 0 unspecified atom stereocenters. The smallest absolute Gasteiger partial charge is 0.272 e. The van der Waals surface area contributed by atoms with Gasteiger partial charge in [-0.3, -0.25) is 33.8 Å². The van der Waals surface area contributed by atoms with Gasteiger partial charge in [0, 0.05) is 25.4 Å². The second-order valence-electron chi connectivity index (χ2n) is 16.2. The fourth-order valence-corrected chi connectivity index (χ4v) is 8.26. The number of carbonyl (C=O) groups is 6. The minimum absolute atomic E-state index is 0.0693. The molecule has 2 heterocycles. The van der Waals surface area contributed by atoms with Gasteiger partial charge in [0.1, 0.15) is 23.8 Å². The average Bonchev–Trinajstić information content (AvgIpc) is 3.66. The molecule has 1 aliphatic heterocycles. The van der Waals surface area contributed by atoms with E-state index in [1.807, 2.05) is 27.7 Å². The molecule has 4 fully saturated rings. The SMILES string of the molecule is CCC[C@H](NC(=O)[C@@H]1[C@H]2CCC[C@H]2CN1C(=O)[C@@H](NC(=O)[C@H](CC1CCCCC1)NC(=O)c1cnccn1)C(C)(C)C)C(=O)C(=O)CC1CC1. The molecule has 12 heteroatoms. The third kappa shape index (κ3) is 9.34. The van der Waals surface area contributed by atoms with Crippen LogP contribution < -0.4 is 16.0 Å². The normalized spacial score (nSPS) is 24.1. The van der Waals surface area contributed by atoms with Crippen LogP contribution >= 0.6 is 0 Å². The Morgan fingerprint density at radius 1 is 0.860 bits per heavy atom. The summed E-state index contributed by atoms with van der Waals surface area (Å²) in [5.74, 6) is -2.15. The standard InChI is InChI=1S/C38H56N6O6/c1-5-10-27(32(46)30(45)20-24-15-16-24)41-36(49)31-26-14-9-13-25(26)22-44(31)37(50)33(38(2,3)4)43-34(47)28(19-23-11-7-6-8-12-23)42-35(48)29-21-39-17-18-40-29/h17-18,21,23-28,31,33H,5-16,19-20,22H2,1-4H3,(H,41,49)(H,42,48)(H,43,47)/t25-,26-,27-,28-,31-,33+/m0/s1. The summed E-state index contributed by atoms with van der Waals surface area (Å²) in [5, 5.41) is 8.79. The van der Waals surface area contributed by atoms with E-state index in [4.69, 9.17) is 0 Å². The fourth-order valence-electron chi connectivity index (χ4n) is 8.26. The van der Waals surface area contributed by atoms with E-state index in [2.05, 4.69) is 25.9 Å². The van der Waals surface area contributed by atoms with Crippen LogP contribution in [0, 0.1) is 29.1 Å². The first-order chi connectivity index (χ1) is 23.9. The van der Waals surface area contributed by atoms with E-state index < -0.39 is 58.9 Å². The van der Waals surface area contributed by atoms with Gasteiger partial charge >= 0.3 is 0 Å². The van der Waals surface area contributed by atoms with Crippen molar-refractivity contribution >= 4 is 35.2 Å². The molecule has 1 saturated heterocycles. The van der Waals surface area contributed by atoms with Gasteiger partial charge in [-0.15, -0.1) is 0 Å². The Balaban J connectivity index is 1.35. The molecule has 0 aromatic carbocycles. The number of amides is 4. The number of Topliss-reactive ketones (excluding diaryl/α,β-unsaturated/α-hetero) is 2. The van der Waals surface area contributed by atoms with Gasteiger partial charge in [0.15, 0.2) is 0 Å². The highest BCUT2D eigenvalue weighted by Gasteiger charge is 2.52. The summed E-state index contributed by atoms with van der Waals surface area (Å²) in [6.07, 6.45) is 15.6. The molecule has 3 saturated carbocycles. The van der Waals surface area contributed by atoms with Gasteiger partial charge in [0.05, 0.1) is 12.2 Å². The maximum atomic E-state index is 14.6. The van der Waals surface area contributed by atoms with E-state index >= 15 is 0 Å². The van der Waals surface area contributed by atoms with E-state index in [0.717, 1.165) is 64.2 Å². The number of carbonyl (C=O) groups excluding carboxylic acids is 6. The van der Waals surface area contributed by atoms with Crippen molar-refractivity contribution in [1.29, 1.82) is 0 Å². The topological polar surface area (TPSA) is 168 Å². The summed E-state index contributed by atoms with van der Waals surface area (Å²) < 4.78 is 0. The molecule has 1 aromatic rings. The Labute approximate surface area is 296 Å². The molecule has 3 aliphatic carbocycles. The summed E-state index contributed by atoms with van der Waals surface area (Å²) in [7, 11) is 0. The minimum Gasteiger partial charge on any atom is -0.344 e. The van der Waals surface area contributed by atoms with Crippen LogP contribution in [0.1, 0.15) is 128 Å². The molecule has 50 heavy (non-hydrogen) atoms. The van der Waals surface area contributed by atoms with Gasteiger partial charge in [-0.05, 0) is 67.6 Å². The number of likely N-dealkylation sites (tertiary alicyclic amines) is 1. The predicted octanol–water partition coefficient (Wildman–Crippen LogP) is 3.93. The highest BCUT2D eigenvalue weighted by molar-refractivity contribution is 6.39. The number of ketones is 2. The summed E-state index contributed by atoms with van der Waals surface area (Å²) in [5.41, 5.74) is -0.630. The number of nitrogens with one attached hydrogen (secondary N) is 3. The average molecular weight is 693 g/mol. The lowest BCUT2D eigenvalue weighted by Crippen LogP contribution is -2.61. The van der Waals surface area contributed by atoms with E-state index in [1.165, 1.54) is 18.6 Å². The molecule has 4 amide bonds. The van der Waals surface area contributed by atoms with Crippen molar-refractivity contribution in [2.24, 2.45) is 29.1 Å². The monoisotopic (exact) mass is 692 g/mol. The highest BCUT2D eigenvalue weighted by atomic mass is 16.2. The van der Waals surface area contributed by atoms with Crippen molar-refractivity contribution in [1.82, 2.24) is 30.8 Å². The third-order valence-corrected chi connectivity index (χ3v) is 11.2. The zero-order chi connectivity index (χ0) is 36.0. The Hall–Kier alpha value is -3.70. The Morgan fingerprint density at radius 2 is 1.60 bits per heavy atom. The predicted molar refractivity (Wildman–Crippen MR) is 186 cm³/mol. The number of fused-ring (bicyclic) bond motifs is 1. The van der Waals surface area contributed by atoms with Crippen molar-refractivity contribution in [3.63, 3.8) is 0 Å². The molecule has 6 atom stereocenters. The van der Waals surface area contributed by atoms with Crippen LogP contribution in [-0.2, 0) is 24.0 Å². The number of hydrogen-bond donors (Lipinski definition) is 3. The summed E-state index contributed by atoms with van der Waals surface area (Å²) in [6, 6.07) is -3.61. The van der Waals surface area contributed by atoms with Gasteiger partial charge in [-0.1, -0.05) is 72.6 Å². The quantitative estimate of drug-likeness (QED) is 0.233. The van der Waals surface area contributed by atoms with Gasteiger partial charge in [0.2, 0.25) is 29.3 Å². The van der Waals surface area contributed by atoms with E-state index in [-0.39, 0.29) is 41.7 Å². The summed E-state index contributed by atoms with van der Waals surface area (Å²) >= 11 is 0. The van der Waals surface area contributed by atoms with Crippen LogP contribution in [0.3, 0.4) is 0 Å². The first-order valence-corrected chi connectivity index (χ1v) is 18.9. The van der Waals surface area contributed by atoms with Crippen molar-refractivity contribution < 1.29 is 28.8 Å². The summed E-state index contributed by atoms with van der Waals surface area (Å²) in [4.78, 5) is 91.7. The van der Waals surface area contributed by atoms with Gasteiger partial charge in [-0.2, -0.15) is 0 Å². The number of rotatable bonds is 15. The van der Waals surface area contributed by atoms with Crippen molar-refractivity contribution in [3.05, 3.63) is 24.3 Å². The molecule has 5 rings (SSSR count). The lowest BCUT2D eigenvalue weighted by Gasteiger charge is -2.37. The minimum atomic E-state index is -0.986. The van der Waals surface area contributed by atoms with E-state index in [0.29, 0.717) is 25.8 Å². The largest absolute Gasteiger partial charge is 0.344 e. The maximum Gasteiger partial charge on any atom is 0.272 e. The van der Waals surface area contributed by atoms with Gasteiger partial charge in [0.25, 0.3) is 5.91 Å². The zero-order valence-electron chi connectivity index (χ0n) is 30.2. The Bertz CT molecular complexity index is 1400. The molecule has 274 valence electrons. The van der Waals surface area contributed by atoms with E-state index in [1.54, 1.807) is 4.90 Å². The number of aromatic nitrogens is 2.